The van der Waals surface area contributed by atoms with Gasteiger partial charge in [-0.05, 0) is 67.8 Å². The molecule has 0 saturated heterocycles. The van der Waals surface area contributed by atoms with Crippen LogP contribution in [-0.4, -0.2) is 33.4 Å². The predicted molar refractivity (Wildman–Crippen MR) is 117 cm³/mol. The number of amides is 1. The van der Waals surface area contributed by atoms with Crippen molar-refractivity contribution in [3.63, 3.8) is 0 Å². The molecule has 0 bridgehead atoms. The van der Waals surface area contributed by atoms with Crippen molar-refractivity contribution in [2.45, 2.75) is 25.9 Å². The number of carbonyl (C=O) groups excluding carboxylic acids is 1. The smallest absolute Gasteiger partial charge is 0.234 e. The monoisotopic (exact) mass is 406 g/mol. The fourth-order valence-corrected chi connectivity index (χ4v) is 4.04. The first-order valence-corrected chi connectivity index (χ1v) is 10.3. The summed E-state index contributed by atoms with van der Waals surface area (Å²) in [4.78, 5) is 12.5. The van der Waals surface area contributed by atoms with E-state index in [0.717, 1.165) is 44.7 Å². The highest BCUT2D eigenvalue weighted by Gasteiger charge is 2.14. The summed E-state index contributed by atoms with van der Waals surface area (Å²) < 4.78 is 7.34. The van der Waals surface area contributed by atoms with E-state index in [1.54, 1.807) is 7.11 Å². The molecular formula is C22H22N4O2S. The summed E-state index contributed by atoms with van der Waals surface area (Å²) in [5.74, 6) is 0.977. The molecule has 2 aromatic heterocycles. The summed E-state index contributed by atoms with van der Waals surface area (Å²) in [5.41, 5.74) is 5.78. The van der Waals surface area contributed by atoms with Crippen LogP contribution < -0.4 is 10.1 Å². The van der Waals surface area contributed by atoms with Crippen molar-refractivity contribution in [1.82, 2.24) is 14.6 Å². The molecule has 0 spiro atoms. The molecule has 0 atom stereocenters. The third-order valence-corrected chi connectivity index (χ3v) is 5.76. The Labute approximate surface area is 173 Å². The van der Waals surface area contributed by atoms with Crippen molar-refractivity contribution in [2.24, 2.45) is 0 Å². The lowest BCUT2D eigenvalue weighted by Gasteiger charge is -2.10. The lowest BCUT2D eigenvalue weighted by Crippen LogP contribution is -2.15. The van der Waals surface area contributed by atoms with Gasteiger partial charge in [0.1, 0.15) is 5.75 Å². The maximum atomic E-state index is 12.5. The number of hydrogen-bond donors (Lipinski definition) is 1. The number of fused-ring (bicyclic) bond motifs is 3. The van der Waals surface area contributed by atoms with Gasteiger partial charge in [-0.15, -0.1) is 10.2 Å². The summed E-state index contributed by atoms with van der Waals surface area (Å²) in [5, 5.41) is 13.4. The average Bonchev–Trinajstić information content (AvgIpc) is 3.14. The van der Waals surface area contributed by atoms with Gasteiger partial charge in [-0.3, -0.25) is 9.20 Å². The molecule has 2 heterocycles. The first-order valence-electron chi connectivity index (χ1n) is 9.28. The molecule has 148 valence electrons. The Morgan fingerprint density at radius 2 is 1.90 bits per heavy atom. The molecule has 6 nitrogen and oxygen atoms in total. The van der Waals surface area contributed by atoms with Crippen molar-refractivity contribution in [1.29, 1.82) is 0 Å². The van der Waals surface area contributed by atoms with E-state index in [2.05, 4.69) is 21.6 Å². The number of hydrogen-bond acceptors (Lipinski definition) is 5. The summed E-state index contributed by atoms with van der Waals surface area (Å²) in [6.45, 7) is 6.00. The number of methoxy groups -OCH3 is 1. The average molecular weight is 407 g/mol. The Morgan fingerprint density at radius 1 is 1.07 bits per heavy atom. The van der Waals surface area contributed by atoms with Gasteiger partial charge in [0.15, 0.2) is 10.8 Å². The van der Waals surface area contributed by atoms with Crippen LogP contribution in [0.15, 0.2) is 47.6 Å². The molecule has 4 rings (SSSR count). The number of aromatic nitrogens is 3. The van der Waals surface area contributed by atoms with Crippen molar-refractivity contribution < 1.29 is 9.53 Å². The second-order valence-corrected chi connectivity index (χ2v) is 7.99. The second kappa shape index (κ2) is 7.75. The number of ether oxygens (including phenoxy) is 1. The molecule has 0 fully saturated rings. The standard InChI is InChI=1S/C22H22N4O2S/c1-13-5-6-14(2)18(9-13)23-20(27)12-29-22-25-24-21-15(3)10-16-11-17(28-4)7-8-19(16)26(21)22/h5-11H,12H2,1-4H3,(H,23,27). The Bertz CT molecular complexity index is 1230. The van der Waals surface area contributed by atoms with E-state index in [-0.39, 0.29) is 11.7 Å². The molecule has 4 aromatic rings. The summed E-state index contributed by atoms with van der Waals surface area (Å²) in [7, 11) is 1.65. The third kappa shape index (κ3) is 3.78. The van der Waals surface area contributed by atoms with Crippen LogP contribution in [0.1, 0.15) is 16.7 Å². The van der Waals surface area contributed by atoms with Gasteiger partial charge in [-0.2, -0.15) is 0 Å². The molecule has 1 N–H and O–H groups in total. The summed E-state index contributed by atoms with van der Waals surface area (Å²) in [6, 6.07) is 14.0. The second-order valence-electron chi connectivity index (χ2n) is 7.05. The number of carbonyl (C=O) groups is 1. The quantitative estimate of drug-likeness (QED) is 0.493. The minimum absolute atomic E-state index is 0.0703. The largest absolute Gasteiger partial charge is 0.497 e. The van der Waals surface area contributed by atoms with Crippen LogP contribution in [0.3, 0.4) is 0 Å². The van der Waals surface area contributed by atoms with E-state index < -0.39 is 0 Å². The van der Waals surface area contributed by atoms with E-state index in [0.29, 0.717) is 5.16 Å². The third-order valence-electron chi connectivity index (χ3n) is 4.83. The maximum Gasteiger partial charge on any atom is 0.234 e. The Kier molecular flexibility index (Phi) is 5.15. The van der Waals surface area contributed by atoms with Gasteiger partial charge in [-0.1, -0.05) is 23.9 Å². The topological polar surface area (TPSA) is 68.5 Å². The number of nitrogens with one attached hydrogen (secondary N) is 1. The highest BCUT2D eigenvalue weighted by atomic mass is 32.2. The van der Waals surface area contributed by atoms with E-state index in [1.165, 1.54) is 11.8 Å². The van der Waals surface area contributed by atoms with Crippen molar-refractivity contribution >= 4 is 39.9 Å². The van der Waals surface area contributed by atoms with Crippen LogP contribution in [0.4, 0.5) is 5.69 Å². The molecule has 0 aliphatic rings. The number of aryl methyl sites for hydroxylation is 3. The van der Waals surface area contributed by atoms with Crippen LogP contribution in [-0.2, 0) is 4.79 Å². The molecule has 29 heavy (non-hydrogen) atoms. The van der Waals surface area contributed by atoms with Gasteiger partial charge >= 0.3 is 0 Å². The number of anilines is 1. The molecule has 0 radical (unpaired) electrons. The van der Waals surface area contributed by atoms with E-state index in [4.69, 9.17) is 4.74 Å². The maximum absolute atomic E-state index is 12.5. The zero-order valence-electron chi connectivity index (χ0n) is 16.8. The molecule has 2 aromatic carbocycles. The van der Waals surface area contributed by atoms with Crippen LogP contribution in [0.5, 0.6) is 5.75 Å². The Morgan fingerprint density at radius 3 is 2.69 bits per heavy atom. The fourth-order valence-electron chi connectivity index (χ4n) is 3.30. The van der Waals surface area contributed by atoms with Crippen molar-refractivity contribution in [3.05, 3.63) is 59.2 Å². The van der Waals surface area contributed by atoms with Crippen LogP contribution >= 0.6 is 11.8 Å². The van der Waals surface area contributed by atoms with Crippen LogP contribution in [0.2, 0.25) is 0 Å². The first kappa shape index (κ1) is 19.3. The molecule has 0 unspecified atom stereocenters. The van der Waals surface area contributed by atoms with Gasteiger partial charge in [0.2, 0.25) is 5.91 Å². The Hall–Kier alpha value is -3.06. The van der Waals surface area contributed by atoms with E-state index in [1.807, 2.05) is 61.6 Å². The SMILES string of the molecule is COc1ccc2c(c1)cc(C)c1nnc(SCC(=O)Nc3cc(C)ccc3C)n12. The lowest BCUT2D eigenvalue weighted by molar-refractivity contribution is -0.113. The minimum Gasteiger partial charge on any atom is -0.497 e. The van der Waals surface area contributed by atoms with E-state index in [9.17, 15) is 4.79 Å². The molecule has 1 amide bonds. The Balaban J connectivity index is 1.61. The van der Waals surface area contributed by atoms with Crippen molar-refractivity contribution in [2.75, 3.05) is 18.2 Å². The normalized spacial score (nSPS) is 11.2. The summed E-state index contributed by atoms with van der Waals surface area (Å²) in [6.07, 6.45) is 0. The first-order chi connectivity index (χ1) is 14.0. The lowest BCUT2D eigenvalue weighted by atomic mass is 10.1. The fraction of sp³-hybridized carbons (Fsp3) is 0.227. The number of thioether (sulfide) groups is 1. The molecular weight excluding hydrogens is 384 g/mol. The zero-order valence-corrected chi connectivity index (χ0v) is 17.6. The van der Waals surface area contributed by atoms with Gasteiger partial charge in [0, 0.05) is 11.1 Å². The predicted octanol–water partition coefficient (Wildman–Crippen LogP) is 4.55. The molecule has 0 aliphatic heterocycles. The zero-order chi connectivity index (χ0) is 20.5. The number of benzene rings is 2. The van der Waals surface area contributed by atoms with Crippen LogP contribution in [0.25, 0.3) is 16.6 Å². The molecule has 0 saturated carbocycles. The summed E-state index contributed by atoms with van der Waals surface area (Å²) >= 11 is 1.37. The van der Waals surface area contributed by atoms with Gasteiger partial charge in [0.05, 0.1) is 18.4 Å². The minimum atomic E-state index is -0.0703. The van der Waals surface area contributed by atoms with Gasteiger partial charge < -0.3 is 10.1 Å². The number of pyridine rings is 1. The van der Waals surface area contributed by atoms with Gasteiger partial charge in [0.25, 0.3) is 0 Å². The van der Waals surface area contributed by atoms with E-state index >= 15 is 0 Å². The number of rotatable bonds is 5. The molecule has 7 heteroatoms. The number of nitrogens with zero attached hydrogens (tertiary/aromatic N) is 3. The van der Waals surface area contributed by atoms with Gasteiger partial charge in [-0.25, -0.2) is 0 Å². The van der Waals surface area contributed by atoms with Crippen molar-refractivity contribution in [3.8, 4) is 5.75 Å². The molecule has 0 aliphatic carbocycles. The highest BCUT2D eigenvalue weighted by Crippen LogP contribution is 2.28. The van der Waals surface area contributed by atoms with Crippen LogP contribution in [0, 0.1) is 20.8 Å². The highest BCUT2D eigenvalue weighted by molar-refractivity contribution is 7.99.